The first-order chi connectivity index (χ1) is 8.21. The van der Waals surface area contributed by atoms with Gasteiger partial charge >= 0.3 is 0 Å². The third-order valence-electron chi connectivity index (χ3n) is 4.32. The molecule has 0 aliphatic carbocycles. The van der Waals surface area contributed by atoms with Gasteiger partial charge in [0.05, 0.1) is 20.1 Å². The minimum atomic E-state index is -4.42. The summed E-state index contributed by atoms with van der Waals surface area (Å²) in [6, 6.07) is 5.31. The first kappa shape index (κ1) is 13.5. The molecule has 2 unspecified atom stereocenters. The molecular formula is C13H19NO3S. The zero-order valence-corrected chi connectivity index (χ0v) is 12.0. The molecule has 2 rings (SSSR count). The van der Waals surface area contributed by atoms with Gasteiger partial charge in [0.1, 0.15) is 15.0 Å². The van der Waals surface area contributed by atoms with Crippen molar-refractivity contribution in [2.45, 2.75) is 37.1 Å². The first-order valence-corrected chi connectivity index (χ1v) is 7.55. The molecule has 1 aliphatic heterocycles. The Hall–Kier alpha value is -0.910. The number of rotatable bonds is 2. The molecule has 18 heavy (non-hydrogen) atoms. The van der Waals surface area contributed by atoms with E-state index in [1.807, 2.05) is 20.2 Å². The maximum Gasteiger partial charge on any atom is 0.154 e. The molecule has 2 atom stereocenters. The minimum absolute atomic E-state index is 0.0622. The Labute approximate surface area is 109 Å². The highest BCUT2D eigenvalue weighted by Crippen LogP contribution is 2.48. The molecule has 0 radical (unpaired) electrons. The molecular weight excluding hydrogens is 250 g/mol. The molecule has 4 nitrogen and oxygen atoms in total. The topological polar surface area (TPSA) is 57.2 Å². The normalized spacial score (nSPS) is 26.1. The van der Waals surface area contributed by atoms with Crippen molar-refractivity contribution >= 4 is 15.8 Å². The van der Waals surface area contributed by atoms with Gasteiger partial charge in [0.25, 0.3) is 0 Å². The fourth-order valence-corrected chi connectivity index (χ4v) is 3.97. The van der Waals surface area contributed by atoms with Crippen molar-refractivity contribution in [2.24, 2.45) is 0 Å². The fraction of sp³-hybridized carbons (Fsp3) is 0.538. The molecule has 0 aromatic heterocycles. The summed E-state index contributed by atoms with van der Waals surface area (Å²) < 4.78 is 34.7. The monoisotopic (exact) mass is 269 g/mol. The maximum atomic E-state index is 11.4. The molecule has 0 fully saturated rings. The van der Waals surface area contributed by atoms with Crippen molar-refractivity contribution in [1.29, 1.82) is 0 Å². The molecule has 100 valence electrons. The number of hydrogen-bond donors (Lipinski definition) is 0. The Bertz CT molecular complexity index is 578. The highest BCUT2D eigenvalue weighted by Gasteiger charge is 2.46. The van der Waals surface area contributed by atoms with Crippen LogP contribution in [0, 0.1) is 0 Å². The third-order valence-corrected chi connectivity index (χ3v) is 5.18. The molecule has 1 heterocycles. The predicted octanol–water partition coefficient (Wildman–Crippen LogP) is 2.05. The highest BCUT2D eigenvalue weighted by atomic mass is 32.2. The van der Waals surface area contributed by atoms with Gasteiger partial charge < -0.3 is 4.55 Å². The number of nitrogens with zero attached hydrogens (tertiary/aromatic N) is 1. The summed E-state index contributed by atoms with van der Waals surface area (Å²) in [4.78, 5) is -0.0622. The van der Waals surface area contributed by atoms with Crippen LogP contribution in [-0.2, 0) is 10.1 Å². The summed E-state index contributed by atoms with van der Waals surface area (Å²) in [7, 11) is -0.488. The van der Waals surface area contributed by atoms with Crippen LogP contribution in [0.5, 0.6) is 0 Å². The van der Waals surface area contributed by atoms with Gasteiger partial charge in [-0.15, -0.1) is 0 Å². The SMILES string of the molecule is CCC1c2cccc(S(=O)(=O)[O-])c2[N+](C)(C)C1C. The maximum absolute atomic E-state index is 11.4. The van der Waals surface area contributed by atoms with Crippen LogP contribution in [0.15, 0.2) is 23.1 Å². The fourth-order valence-electron chi connectivity index (χ4n) is 3.13. The van der Waals surface area contributed by atoms with Gasteiger partial charge in [-0.3, -0.25) is 4.48 Å². The molecule has 0 bridgehead atoms. The molecule has 1 aromatic carbocycles. The van der Waals surface area contributed by atoms with E-state index >= 15 is 0 Å². The van der Waals surface area contributed by atoms with Crippen LogP contribution < -0.4 is 4.48 Å². The standard InChI is InChI=1S/C13H19NO3S/c1-5-10-9(2)14(3,4)13-11(10)7-6-8-12(13)18(15,16)17/h6-10H,5H2,1-4H3. The van der Waals surface area contributed by atoms with Gasteiger partial charge in [0.2, 0.25) is 0 Å². The minimum Gasteiger partial charge on any atom is -0.744 e. The van der Waals surface area contributed by atoms with Crippen LogP contribution in [0.25, 0.3) is 0 Å². The molecule has 0 saturated carbocycles. The zero-order valence-electron chi connectivity index (χ0n) is 11.2. The molecule has 0 spiro atoms. The summed E-state index contributed by atoms with van der Waals surface area (Å²) in [5, 5.41) is 0. The quantitative estimate of drug-likeness (QED) is 0.610. The van der Waals surface area contributed by atoms with Crippen LogP contribution in [-0.4, -0.2) is 33.1 Å². The Kier molecular flexibility index (Phi) is 3.04. The van der Waals surface area contributed by atoms with E-state index in [1.54, 1.807) is 6.07 Å². The summed E-state index contributed by atoms with van der Waals surface area (Å²) >= 11 is 0. The van der Waals surface area contributed by atoms with Gasteiger partial charge in [0, 0.05) is 11.5 Å². The van der Waals surface area contributed by atoms with Crippen LogP contribution in [0.1, 0.15) is 31.7 Å². The number of para-hydroxylation sites is 1. The van der Waals surface area contributed by atoms with E-state index in [4.69, 9.17) is 0 Å². The molecule has 0 N–H and O–H groups in total. The van der Waals surface area contributed by atoms with E-state index in [0.717, 1.165) is 12.0 Å². The van der Waals surface area contributed by atoms with Gasteiger partial charge in [-0.2, -0.15) is 0 Å². The van der Waals surface area contributed by atoms with Crippen LogP contribution in [0.3, 0.4) is 0 Å². The van der Waals surface area contributed by atoms with Gasteiger partial charge in [-0.1, -0.05) is 19.1 Å². The van der Waals surface area contributed by atoms with E-state index in [2.05, 4.69) is 13.8 Å². The average molecular weight is 269 g/mol. The first-order valence-electron chi connectivity index (χ1n) is 6.14. The number of likely N-dealkylation sites (N-methyl/N-ethyl adjacent to an activating group) is 1. The van der Waals surface area contributed by atoms with Crippen LogP contribution >= 0.6 is 0 Å². The van der Waals surface area contributed by atoms with Crippen molar-refractivity contribution < 1.29 is 13.0 Å². The van der Waals surface area contributed by atoms with Crippen molar-refractivity contribution in [1.82, 2.24) is 4.48 Å². The predicted molar refractivity (Wildman–Crippen MR) is 70.5 cm³/mol. The average Bonchev–Trinajstić information content (AvgIpc) is 2.46. The third kappa shape index (κ3) is 1.77. The number of hydrogen-bond acceptors (Lipinski definition) is 3. The lowest BCUT2D eigenvalue weighted by Gasteiger charge is -2.32. The van der Waals surface area contributed by atoms with Crippen LogP contribution in [0.4, 0.5) is 5.69 Å². The Balaban J connectivity index is 2.79. The number of fused-ring (bicyclic) bond motifs is 1. The van der Waals surface area contributed by atoms with Gasteiger partial charge in [-0.25, -0.2) is 8.42 Å². The molecule has 0 amide bonds. The summed E-state index contributed by atoms with van der Waals surface area (Å²) in [6.07, 6.45) is 0.943. The lowest BCUT2D eigenvalue weighted by atomic mass is 9.93. The number of quaternary nitrogens is 1. The zero-order chi connectivity index (χ0) is 13.7. The Morgan fingerprint density at radius 2 is 1.94 bits per heavy atom. The van der Waals surface area contributed by atoms with Gasteiger partial charge in [0.15, 0.2) is 5.69 Å². The van der Waals surface area contributed by atoms with Crippen molar-refractivity contribution in [3.8, 4) is 0 Å². The lowest BCUT2D eigenvalue weighted by Crippen LogP contribution is -2.47. The second-order valence-corrected chi connectivity index (χ2v) is 6.79. The summed E-state index contributed by atoms with van der Waals surface area (Å²) in [5.41, 5.74) is 1.68. The van der Waals surface area contributed by atoms with Gasteiger partial charge in [-0.05, 0) is 19.4 Å². The van der Waals surface area contributed by atoms with E-state index in [0.29, 0.717) is 16.1 Å². The largest absolute Gasteiger partial charge is 0.744 e. The highest BCUT2D eigenvalue weighted by molar-refractivity contribution is 7.86. The van der Waals surface area contributed by atoms with Crippen LogP contribution in [0.2, 0.25) is 0 Å². The van der Waals surface area contributed by atoms with Crippen molar-refractivity contribution in [3.63, 3.8) is 0 Å². The summed E-state index contributed by atoms with van der Waals surface area (Å²) in [5.74, 6) is 0.302. The Morgan fingerprint density at radius 3 is 2.44 bits per heavy atom. The van der Waals surface area contributed by atoms with Crippen molar-refractivity contribution in [3.05, 3.63) is 23.8 Å². The molecule has 1 aromatic rings. The van der Waals surface area contributed by atoms with E-state index in [1.165, 1.54) is 6.07 Å². The lowest BCUT2D eigenvalue weighted by molar-refractivity contribution is 0.297. The summed E-state index contributed by atoms with van der Waals surface area (Å²) in [6.45, 7) is 4.20. The second kappa shape index (κ2) is 4.05. The Morgan fingerprint density at radius 1 is 1.33 bits per heavy atom. The second-order valence-electron chi connectivity index (χ2n) is 5.44. The number of benzene rings is 1. The van der Waals surface area contributed by atoms with E-state index in [9.17, 15) is 13.0 Å². The van der Waals surface area contributed by atoms with Crippen molar-refractivity contribution in [2.75, 3.05) is 14.1 Å². The molecule has 5 heteroatoms. The molecule has 1 aliphatic rings. The smallest absolute Gasteiger partial charge is 0.154 e. The van der Waals surface area contributed by atoms with E-state index in [-0.39, 0.29) is 10.9 Å². The molecule has 0 saturated heterocycles. The van der Waals surface area contributed by atoms with E-state index < -0.39 is 10.1 Å².